The van der Waals surface area contributed by atoms with Crippen LogP contribution in [0.2, 0.25) is 0 Å². The van der Waals surface area contributed by atoms with Gasteiger partial charge in [-0.3, -0.25) is 0 Å². The van der Waals surface area contributed by atoms with Gasteiger partial charge in [-0.15, -0.1) is 0 Å². The van der Waals surface area contributed by atoms with Crippen molar-refractivity contribution in [3.8, 4) is 11.5 Å². The molecule has 0 aliphatic carbocycles. The second-order valence-electron chi connectivity index (χ2n) is 4.98. The van der Waals surface area contributed by atoms with Crippen LogP contribution in [0.15, 0.2) is 17.8 Å². The summed E-state index contributed by atoms with van der Waals surface area (Å²) in [6, 6.07) is 3.70. The molecule has 0 spiro atoms. The Kier molecular flexibility index (Phi) is 3.87. The fourth-order valence-electron chi connectivity index (χ4n) is 1.93. The maximum Gasteiger partial charge on any atom is 0.430 e. The summed E-state index contributed by atoms with van der Waals surface area (Å²) in [5.74, 6) is 0.477. The summed E-state index contributed by atoms with van der Waals surface area (Å²) in [6.45, 7) is 3.66. The van der Waals surface area contributed by atoms with E-state index in [1.54, 1.807) is 7.05 Å². The predicted molar refractivity (Wildman–Crippen MR) is 78.5 cm³/mol. The average molecular weight is 311 g/mol. The van der Waals surface area contributed by atoms with Gasteiger partial charge in [-0.1, -0.05) is 6.07 Å². The molecule has 5 nitrogen and oxygen atoms in total. The zero-order valence-electron chi connectivity index (χ0n) is 12.4. The van der Waals surface area contributed by atoms with Gasteiger partial charge in [-0.2, -0.15) is 13.2 Å². The Hall–Kier alpha value is -2.51. The normalized spacial score (nSPS) is 12.7. The number of imidazole rings is 1. The van der Waals surface area contributed by atoms with Gasteiger partial charge in [0.25, 0.3) is 0 Å². The fraction of sp³-hybridized carbons (Fsp3) is 0.286. The van der Waals surface area contributed by atoms with Crippen LogP contribution in [0.1, 0.15) is 17.0 Å². The number of anilines is 1. The van der Waals surface area contributed by atoms with Crippen LogP contribution < -0.4 is 11.5 Å². The number of alkyl halides is 3. The minimum absolute atomic E-state index is 0.0324. The van der Waals surface area contributed by atoms with Crippen LogP contribution in [0, 0.1) is 13.8 Å². The van der Waals surface area contributed by atoms with Crippen molar-refractivity contribution in [1.82, 2.24) is 14.5 Å². The highest BCUT2D eigenvalue weighted by Crippen LogP contribution is 2.28. The van der Waals surface area contributed by atoms with Gasteiger partial charge in [-0.05, 0) is 31.6 Å². The van der Waals surface area contributed by atoms with Crippen molar-refractivity contribution in [3.05, 3.63) is 34.8 Å². The molecule has 4 N–H and O–H groups in total. The van der Waals surface area contributed by atoms with E-state index in [-0.39, 0.29) is 11.5 Å². The minimum Gasteiger partial charge on any atom is -0.395 e. The van der Waals surface area contributed by atoms with Crippen molar-refractivity contribution in [3.63, 3.8) is 0 Å². The van der Waals surface area contributed by atoms with E-state index >= 15 is 0 Å². The standard InChI is InChI=1S/C14H16F3N5/c1-7-4-5-8(2)20-11(7)13-21-9(12(19)22(13)3)6-10(18)14(15,16)17/h4-6H,18-19H2,1-3H3/b10-6-. The van der Waals surface area contributed by atoms with Gasteiger partial charge in [0.1, 0.15) is 22.9 Å². The maximum atomic E-state index is 12.5. The number of rotatable bonds is 2. The third kappa shape index (κ3) is 2.90. The molecule has 0 radical (unpaired) electrons. The quantitative estimate of drug-likeness (QED) is 0.893. The molecule has 0 unspecified atom stereocenters. The van der Waals surface area contributed by atoms with Crippen molar-refractivity contribution >= 4 is 11.9 Å². The lowest BCUT2D eigenvalue weighted by Gasteiger charge is -2.06. The highest BCUT2D eigenvalue weighted by molar-refractivity contribution is 5.68. The number of aryl methyl sites for hydroxylation is 2. The molecule has 118 valence electrons. The topological polar surface area (TPSA) is 82.7 Å². The monoisotopic (exact) mass is 311 g/mol. The number of allylic oxidation sites excluding steroid dienone is 1. The molecule has 0 aliphatic rings. The van der Waals surface area contributed by atoms with Gasteiger partial charge in [0, 0.05) is 12.7 Å². The molecular weight excluding hydrogens is 295 g/mol. The Morgan fingerprint density at radius 1 is 1.23 bits per heavy atom. The number of nitrogen functional groups attached to an aromatic ring is 1. The number of hydrogen-bond donors (Lipinski definition) is 2. The molecule has 0 atom stereocenters. The molecule has 2 rings (SSSR count). The number of aromatic nitrogens is 3. The Labute approximate surface area is 125 Å². The van der Waals surface area contributed by atoms with E-state index in [4.69, 9.17) is 11.5 Å². The number of pyridine rings is 1. The molecule has 0 bridgehead atoms. The number of hydrogen-bond acceptors (Lipinski definition) is 4. The van der Waals surface area contributed by atoms with Crippen molar-refractivity contribution in [2.24, 2.45) is 12.8 Å². The van der Waals surface area contributed by atoms with Crippen LogP contribution in [-0.4, -0.2) is 20.7 Å². The Morgan fingerprint density at radius 3 is 2.45 bits per heavy atom. The maximum absolute atomic E-state index is 12.5. The molecule has 8 heteroatoms. The molecule has 2 aromatic heterocycles. The van der Waals surface area contributed by atoms with Gasteiger partial charge in [0.2, 0.25) is 0 Å². The van der Waals surface area contributed by atoms with E-state index in [1.165, 1.54) is 4.57 Å². The summed E-state index contributed by atoms with van der Waals surface area (Å²) < 4.78 is 39.1. The lowest BCUT2D eigenvalue weighted by Crippen LogP contribution is -2.19. The third-order valence-electron chi connectivity index (χ3n) is 3.24. The van der Waals surface area contributed by atoms with Crippen LogP contribution in [-0.2, 0) is 7.05 Å². The van der Waals surface area contributed by atoms with Gasteiger partial charge in [0.05, 0.1) is 0 Å². The second kappa shape index (κ2) is 5.36. The van der Waals surface area contributed by atoms with E-state index in [9.17, 15) is 13.2 Å². The third-order valence-corrected chi connectivity index (χ3v) is 3.24. The zero-order chi connectivity index (χ0) is 16.7. The number of nitrogens with zero attached hydrogens (tertiary/aromatic N) is 3. The molecule has 2 aromatic rings. The first-order chi connectivity index (χ1) is 10.1. The molecule has 22 heavy (non-hydrogen) atoms. The Bertz CT molecular complexity index is 744. The molecule has 0 saturated heterocycles. The molecular formula is C14H16F3N5. The van der Waals surface area contributed by atoms with E-state index in [0.717, 1.165) is 17.3 Å². The second-order valence-corrected chi connectivity index (χ2v) is 4.98. The number of nitrogens with two attached hydrogens (primary N) is 2. The van der Waals surface area contributed by atoms with Gasteiger partial charge < -0.3 is 16.0 Å². The summed E-state index contributed by atoms with van der Waals surface area (Å²) in [5, 5.41) is 0. The van der Waals surface area contributed by atoms with E-state index in [2.05, 4.69) is 9.97 Å². The van der Waals surface area contributed by atoms with Crippen molar-refractivity contribution in [2.45, 2.75) is 20.0 Å². The molecule has 0 aromatic carbocycles. The van der Waals surface area contributed by atoms with Crippen molar-refractivity contribution < 1.29 is 13.2 Å². The van der Waals surface area contributed by atoms with Crippen LogP contribution in [0.25, 0.3) is 17.6 Å². The largest absolute Gasteiger partial charge is 0.430 e. The van der Waals surface area contributed by atoms with Crippen LogP contribution in [0.4, 0.5) is 19.0 Å². The van der Waals surface area contributed by atoms with Crippen LogP contribution >= 0.6 is 0 Å². The van der Waals surface area contributed by atoms with Crippen molar-refractivity contribution in [1.29, 1.82) is 0 Å². The average Bonchev–Trinajstić information content (AvgIpc) is 2.69. The Balaban J connectivity index is 2.58. The summed E-state index contributed by atoms with van der Waals surface area (Å²) in [5.41, 5.74) is 11.7. The van der Waals surface area contributed by atoms with Gasteiger partial charge >= 0.3 is 6.18 Å². The summed E-state index contributed by atoms with van der Waals surface area (Å²) in [4.78, 5) is 8.53. The van der Waals surface area contributed by atoms with E-state index in [0.29, 0.717) is 11.5 Å². The molecule has 0 saturated carbocycles. The number of halogens is 3. The lowest BCUT2D eigenvalue weighted by atomic mass is 10.2. The highest BCUT2D eigenvalue weighted by Gasteiger charge is 2.32. The summed E-state index contributed by atoms with van der Waals surface area (Å²) in [6.07, 6.45) is -3.90. The van der Waals surface area contributed by atoms with Crippen LogP contribution in [0.3, 0.4) is 0 Å². The van der Waals surface area contributed by atoms with Gasteiger partial charge in [-0.25, -0.2) is 9.97 Å². The lowest BCUT2D eigenvalue weighted by molar-refractivity contribution is -0.0916. The minimum atomic E-state index is -4.62. The Morgan fingerprint density at radius 2 is 1.86 bits per heavy atom. The van der Waals surface area contributed by atoms with Gasteiger partial charge in [0.15, 0.2) is 5.82 Å². The fourth-order valence-corrected chi connectivity index (χ4v) is 1.93. The van der Waals surface area contributed by atoms with E-state index in [1.807, 2.05) is 26.0 Å². The smallest absolute Gasteiger partial charge is 0.395 e. The first kappa shape index (κ1) is 15.9. The highest BCUT2D eigenvalue weighted by atomic mass is 19.4. The molecule has 2 heterocycles. The van der Waals surface area contributed by atoms with Crippen molar-refractivity contribution in [2.75, 3.05) is 5.73 Å². The molecule has 0 aliphatic heterocycles. The summed E-state index contributed by atoms with van der Waals surface area (Å²) >= 11 is 0. The SMILES string of the molecule is Cc1ccc(C)c(-c2nc(/C=C(\N)C(F)(F)F)c(N)n2C)n1. The van der Waals surface area contributed by atoms with E-state index < -0.39 is 11.9 Å². The van der Waals surface area contributed by atoms with Crippen LogP contribution in [0.5, 0.6) is 0 Å². The summed E-state index contributed by atoms with van der Waals surface area (Å²) in [7, 11) is 1.61. The molecule has 0 fully saturated rings. The molecule has 0 amide bonds. The zero-order valence-corrected chi connectivity index (χ0v) is 12.4. The first-order valence-electron chi connectivity index (χ1n) is 6.42. The predicted octanol–water partition coefficient (Wildman–Crippen LogP) is 2.54. The first-order valence-corrected chi connectivity index (χ1v) is 6.42.